The predicted molar refractivity (Wildman–Crippen MR) is 88.6 cm³/mol. The molecule has 0 aliphatic rings. The first-order chi connectivity index (χ1) is 10.7. The second-order valence-corrected chi connectivity index (χ2v) is 5.59. The summed E-state index contributed by atoms with van der Waals surface area (Å²) in [6.45, 7) is 0.788. The van der Waals surface area contributed by atoms with Gasteiger partial charge in [-0.15, -0.1) is 0 Å². The third kappa shape index (κ3) is 3.49. The van der Waals surface area contributed by atoms with Crippen molar-refractivity contribution in [3.63, 3.8) is 0 Å². The topological polar surface area (TPSA) is 27.1 Å². The first kappa shape index (κ1) is 14.7. The van der Waals surface area contributed by atoms with Gasteiger partial charge in [0.25, 0.3) is 0 Å². The molecule has 1 aromatic heterocycles. The smallest absolute Gasteiger partial charge is 0.122 e. The number of rotatable bonds is 5. The summed E-state index contributed by atoms with van der Waals surface area (Å²) in [5, 5.41) is 0.756. The second-order valence-electron chi connectivity index (χ2n) is 5.15. The van der Waals surface area contributed by atoms with Crippen LogP contribution in [0.15, 0.2) is 61.1 Å². The summed E-state index contributed by atoms with van der Waals surface area (Å²) in [7, 11) is 1.69. The normalized spacial score (nSPS) is 10.6. The third-order valence-electron chi connectivity index (χ3n) is 3.53. The Labute approximate surface area is 135 Å². The molecule has 0 radical (unpaired) electrons. The van der Waals surface area contributed by atoms with Gasteiger partial charge >= 0.3 is 0 Å². The van der Waals surface area contributed by atoms with E-state index in [4.69, 9.17) is 16.3 Å². The number of halogens is 1. The molecule has 0 N–H and O–H groups in total. The first-order valence-electron chi connectivity index (χ1n) is 7.11. The maximum atomic E-state index is 5.91. The van der Waals surface area contributed by atoms with Gasteiger partial charge in [-0.1, -0.05) is 41.9 Å². The van der Waals surface area contributed by atoms with Crippen LogP contribution in [0.3, 0.4) is 0 Å². The van der Waals surface area contributed by atoms with Crippen LogP contribution >= 0.6 is 11.6 Å². The van der Waals surface area contributed by atoms with Gasteiger partial charge in [-0.25, -0.2) is 4.98 Å². The molecule has 0 spiro atoms. The van der Waals surface area contributed by atoms with Gasteiger partial charge in [0.1, 0.15) is 5.75 Å². The van der Waals surface area contributed by atoms with E-state index in [9.17, 15) is 0 Å². The average Bonchev–Trinajstić information content (AvgIpc) is 2.97. The minimum absolute atomic E-state index is 0.756. The van der Waals surface area contributed by atoms with Gasteiger partial charge in [0.15, 0.2) is 0 Å². The average molecular weight is 313 g/mol. The molecule has 3 nitrogen and oxygen atoms in total. The molecular weight excluding hydrogens is 296 g/mol. The lowest BCUT2D eigenvalue weighted by molar-refractivity contribution is 0.410. The molecule has 22 heavy (non-hydrogen) atoms. The zero-order valence-corrected chi connectivity index (χ0v) is 13.1. The monoisotopic (exact) mass is 312 g/mol. The van der Waals surface area contributed by atoms with Crippen LogP contribution in [-0.4, -0.2) is 16.7 Å². The molecule has 2 aromatic carbocycles. The molecule has 0 atom stereocenters. The molecular formula is C18H17ClN2O. The van der Waals surface area contributed by atoms with Gasteiger partial charge < -0.3 is 9.30 Å². The Hall–Kier alpha value is -2.26. The quantitative estimate of drug-likeness (QED) is 0.706. The maximum Gasteiger partial charge on any atom is 0.122 e. The van der Waals surface area contributed by atoms with Gasteiger partial charge in [-0.05, 0) is 23.8 Å². The number of imidazole rings is 1. The fraction of sp³-hybridized carbons (Fsp3) is 0.167. The van der Waals surface area contributed by atoms with Crippen molar-refractivity contribution in [1.29, 1.82) is 0 Å². The highest BCUT2D eigenvalue weighted by Gasteiger charge is 2.06. The minimum atomic E-state index is 0.756. The molecule has 0 fully saturated rings. The van der Waals surface area contributed by atoms with E-state index < -0.39 is 0 Å². The van der Waals surface area contributed by atoms with Crippen molar-refractivity contribution in [2.45, 2.75) is 13.0 Å². The Morgan fingerprint density at radius 2 is 1.86 bits per heavy atom. The van der Waals surface area contributed by atoms with Gasteiger partial charge in [-0.2, -0.15) is 0 Å². The zero-order chi connectivity index (χ0) is 15.4. The number of para-hydroxylation sites is 1. The highest BCUT2D eigenvalue weighted by atomic mass is 35.5. The van der Waals surface area contributed by atoms with Crippen LogP contribution < -0.4 is 4.74 Å². The summed E-state index contributed by atoms with van der Waals surface area (Å²) in [6.07, 6.45) is 4.69. The molecule has 1 heterocycles. The van der Waals surface area contributed by atoms with Crippen molar-refractivity contribution >= 4 is 11.6 Å². The first-order valence-corrected chi connectivity index (χ1v) is 7.49. The van der Waals surface area contributed by atoms with Crippen molar-refractivity contribution < 1.29 is 4.74 Å². The fourth-order valence-corrected chi connectivity index (χ4v) is 2.55. The molecule has 0 saturated carbocycles. The molecule has 0 unspecified atom stereocenters. The van der Waals surface area contributed by atoms with E-state index in [0.29, 0.717) is 0 Å². The lowest BCUT2D eigenvalue weighted by Gasteiger charge is -2.06. The maximum absolute atomic E-state index is 5.91. The molecule has 0 aliphatic heterocycles. The Balaban J connectivity index is 1.72. The van der Waals surface area contributed by atoms with E-state index in [0.717, 1.165) is 35.0 Å². The summed E-state index contributed by atoms with van der Waals surface area (Å²) >= 11 is 5.91. The molecule has 4 heteroatoms. The lowest BCUT2D eigenvalue weighted by Crippen LogP contribution is -1.96. The lowest BCUT2D eigenvalue weighted by atomic mass is 10.1. The summed E-state index contributed by atoms with van der Waals surface area (Å²) in [4.78, 5) is 4.48. The fourth-order valence-electron chi connectivity index (χ4n) is 2.43. The van der Waals surface area contributed by atoms with Crippen LogP contribution in [0.2, 0.25) is 5.02 Å². The molecule has 0 aliphatic carbocycles. The van der Waals surface area contributed by atoms with Crippen molar-refractivity contribution in [1.82, 2.24) is 9.55 Å². The highest BCUT2D eigenvalue weighted by Crippen LogP contribution is 2.20. The summed E-state index contributed by atoms with van der Waals surface area (Å²) in [5.41, 5.74) is 3.37. The van der Waals surface area contributed by atoms with E-state index in [2.05, 4.69) is 21.8 Å². The molecule has 112 valence electrons. The van der Waals surface area contributed by atoms with Gasteiger partial charge in [0.2, 0.25) is 0 Å². The van der Waals surface area contributed by atoms with Crippen LogP contribution in [0, 0.1) is 0 Å². The Bertz CT molecular complexity index is 750. The van der Waals surface area contributed by atoms with Crippen molar-refractivity contribution in [2.75, 3.05) is 7.11 Å². The number of nitrogens with zero attached hydrogens (tertiary/aromatic N) is 2. The number of hydrogen-bond donors (Lipinski definition) is 0. The Morgan fingerprint density at radius 1 is 1.09 bits per heavy atom. The number of benzene rings is 2. The van der Waals surface area contributed by atoms with Crippen LogP contribution in [0.5, 0.6) is 5.75 Å². The highest BCUT2D eigenvalue weighted by molar-refractivity contribution is 6.30. The van der Waals surface area contributed by atoms with E-state index in [1.54, 1.807) is 7.11 Å². The largest absolute Gasteiger partial charge is 0.496 e. The van der Waals surface area contributed by atoms with Crippen LogP contribution in [0.4, 0.5) is 0 Å². The SMILES string of the molecule is COc1ccccc1Cc1cn(Cc2ccc(Cl)cc2)cn1. The third-order valence-corrected chi connectivity index (χ3v) is 3.78. The van der Waals surface area contributed by atoms with Crippen molar-refractivity contribution in [3.8, 4) is 5.75 Å². The standard InChI is InChI=1S/C18H17ClN2O/c1-22-18-5-3-2-4-15(18)10-17-12-21(13-20-17)11-14-6-8-16(19)9-7-14/h2-9,12-13H,10-11H2,1H3. The number of aromatic nitrogens is 2. The number of hydrogen-bond acceptors (Lipinski definition) is 2. The van der Waals surface area contributed by atoms with Crippen LogP contribution in [-0.2, 0) is 13.0 Å². The van der Waals surface area contributed by atoms with Crippen molar-refractivity contribution in [2.24, 2.45) is 0 Å². The second kappa shape index (κ2) is 6.67. The number of ether oxygens (including phenoxy) is 1. The minimum Gasteiger partial charge on any atom is -0.496 e. The molecule has 0 amide bonds. The van der Waals surface area contributed by atoms with Gasteiger partial charge in [0, 0.05) is 29.7 Å². The van der Waals surface area contributed by atoms with Gasteiger partial charge in [-0.3, -0.25) is 0 Å². The van der Waals surface area contributed by atoms with E-state index >= 15 is 0 Å². The molecule has 3 rings (SSSR count). The summed E-state index contributed by atoms with van der Waals surface area (Å²) in [5.74, 6) is 0.898. The Kier molecular flexibility index (Phi) is 4.45. The summed E-state index contributed by atoms with van der Waals surface area (Å²) in [6, 6.07) is 15.9. The number of methoxy groups -OCH3 is 1. The van der Waals surface area contributed by atoms with Crippen molar-refractivity contribution in [3.05, 3.63) is 82.9 Å². The Morgan fingerprint density at radius 3 is 2.64 bits per heavy atom. The summed E-state index contributed by atoms with van der Waals surface area (Å²) < 4.78 is 7.46. The van der Waals surface area contributed by atoms with Crippen LogP contribution in [0.25, 0.3) is 0 Å². The zero-order valence-electron chi connectivity index (χ0n) is 12.4. The van der Waals surface area contributed by atoms with E-state index in [-0.39, 0.29) is 0 Å². The molecule has 0 bridgehead atoms. The molecule has 0 saturated heterocycles. The van der Waals surface area contributed by atoms with E-state index in [1.165, 1.54) is 5.56 Å². The van der Waals surface area contributed by atoms with Gasteiger partial charge in [0.05, 0.1) is 19.1 Å². The predicted octanol–water partition coefficient (Wildman–Crippen LogP) is 4.18. The van der Waals surface area contributed by atoms with E-state index in [1.807, 2.05) is 48.8 Å². The molecule has 3 aromatic rings. The van der Waals surface area contributed by atoms with Crippen LogP contribution in [0.1, 0.15) is 16.8 Å².